The van der Waals surface area contributed by atoms with Crippen LogP contribution >= 0.6 is 11.6 Å². The number of nitrogens with one attached hydrogen (secondary N) is 1. The molecule has 7 heteroatoms. The van der Waals surface area contributed by atoms with Crippen LogP contribution in [0.2, 0.25) is 5.02 Å². The molecular weight excluding hydrogens is 269 g/mol. The van der Waals surface area contributed by atoms with E-state index in [2.05, 4.69) is 5.32 Å². The minimum atomic E-state index is -0.909. The van der Waals surface area contributed by atoms with Crippen molar-refractivity contribution < 1.29 is 19.8 Å². The van der Waals surface area contributed by atoms with Gasteiger partial charge in [0.05, 0.1) is 5.56 Å². The molecule has 0 bridgehead atoms. The van der Waals surface area contributed by atoms with Crippen LogP contribution in [-0.2, 0) is 4.79 Å². The number of carbonyl (C=O) groups is 2. The molecule has 1 rings (SSSR count). The molecule has 3 N–H and O–H groups in total. The van der Waals surface area contributed by atoms with Crippen LogP contribution in [0, 0.1) is 0 Å². The molecule has 94 valence electrons. The van der Waals surface area contributed by atoms with E-state index in [4.69, 9.17) is 16.7 Å². The van der Waals surface area contributed by atoms with Crippen LogP contribution in [0.4, 0.5) is 0 Å². The number of aromatic hydroxyl groups is 1. The molecule has 1 amide bonds. The molecule has 1 aromatic rings. The number of carboxylic acids is 1. The van der Waals surface area contributed by atoms with Crippen molar-refractivity contribution in [2.24, 2.45) is 0 Å². The number of phenolic OH excluding ortho intramolecular Hbond substituents is 1. The van der Waals surface area contributed by atoms with E-state index >= 15 is 0 Å². The van der Waals surface area contributed by atoms with Crippen LogP contribution < -0.4 is 5.32 Å². The molecule has 0 fully saturated rings. The third-order valence-corrected chi connectivity index (χ3v) is 2.29. The van der Waals surface area contributed by atoms with Gasteiger partial charge in [-0.2, -0.15) is 0 Å². The molecule has 0 spiro atoms. The molecule has 18 heavy (non-hydrogen) atoms. The van der Waals surface area contributed by atoms with Gasteiger partial charge in [-0.15, -0.1) is 0 Å². The fourth-order valence-corrected chi connectivity index (χ4v) is 1.40. The summed E-state index contributed by atoms with van der Waals surface area (Å²) in [6, 6.07) is 4.17. The number of hydrogen-bond acceptors (Lipinski definition) is 3. The maximum absolute atomic E-state index is 11.6. The van der Waals surface area contributed by atoms with Gasteiger partial charge < -0.3 is 15.5 Å². The second-order valence-corrected chi connectivity index (χ2v) is 3.85. The van der Waals surface area contributed by atoms with Crippen molar-refractivity contribution in [1.82, 2.24) is 5.32 Å². The maximum atomic E-state index is 11.6. The first kappa shape index (κ1) is 17.2. The van der Waals surface area contributed by atoms with Gasteiger partial charge in [0.1, 0.15) is 5.75 Å². The summed E-state index contributed by atoms with van der Waals surface area (Å²) in [5.41, 5.74) is 0.115. The summed E-state index contributed by atoms with van der Waals surface area (Å²) >= 11 is 5.63. The van der Waals surface area contributed by atoms with Gasteiger partial charge in [-0.1, -0.05) is 11.6 Å². The Morgan fingerprint density at radius 3 is 2.56 bits per heavy atom. The number of amides is 1. The molecule has 0 aliphatic rings. The molecule has 0 heterocycles. The van der Waals surface area contributed by atoms with Gasteiger partial charge >= 0.3 is 35.5 Å². The van der Waals surface area contributed by atoms with E-state index in [1.54, 1.807) is 0 Å². The summed E-state index contributed by atoms with van der Waals surface area (Å²) in [5.74, 6) is -1.56. The molecule has 5 nitrogen and oxygen atoms in total. The van der Waals surface area contributed by atoms with Gasteiger partial charge in [-0.05, 0) is 24.6 Å². The normalized spacial score (nSPS) is 9.39. The Morgan fingerprint density at radius 2 is 2.00 bits per heavy atom. The molecule has 0 atom stereocenters. The number of phenols is 1. The number of carbonyl (C=O) groups excluding carboxylic acids is 1. The predicted octanol–water partition coefficient (Wildman–Crippen LogP) is 0.992. The average molecular weight is 282 g/mol. The second-order valence-electron chi connectivity index (χ2n) is 3.41. The standard InChI is InChI=1S/C11H12ClNO4.Na.H/c12-7-3-4-8(9(14)6-7)11(17)13-5-1-2-10(15)16;;/h3-4,6,14H,1-2,5H2,(H,13,17)(H,15,16);;. The third-order valence-electron chi connectivity index (χ3n) is 2.06. The van der Waals surface area contributed by atoms with Crippen molar-refractivity contribution in [2.45, 2.75) is 12.8 Å². The number of rotatable bonds is 5. The molecule has 0 radical (unpaired) electrons. The molecule has 0 aliphatic carbocycles. The van der Waals surface area contributed by atoms with Crippen molar-refractivity contribution in [3.8, 4) is 5.75 Å². The van der Waals surface area contributed by atoms with Gasteiger partial charge in [-0.3, -0.25) is 9.59 Å². The molecule has 0 saturated heterocycles. The summed E-state index contributed by atoms with van der Waals surface area (Å²) < 4.78 is 0. The van der Waals surface area contributed by atoms with Crippen molar-refractivity contribution >= 4 is 53.0 Å². The number of aliphatic carboxylic acids is 1. The van der Waals surface area contributed by atoms with Gasteiger partial charge in [-0.25, -0.2) is 0 Å². The van der Waals surface area contributed by atoms with Crippen LogP contribution in [0.1, 0.15) is 23.2 Å². The molecule has 0 saturated carbocycles. The zero-order valence-corrected chi connectivity index (χ0v) is 9.70. The Bertz CT molecular complexity index is 439. The quantitative estimate of drug-likeness (QED) is 0.555. The Balaban J connectivity index is 0.00000289. The van der Waals surface area contributed by atoms with E-state index in [1.807, 2.05) is 0 Å². The summed E-state index contributed by atoms with van der Waals surface area (Å²) in [4.78, 5) is 21.8. The zero-order valence-electron chi connectivity index (χ0n) is 8.94. The Kier molecular flexibility index (Phi) is 8.02. The summed E-state index contributed by atoms with van der Waals surface area (Å²) in [7, 11) is 0. The predicted molar refractivity (Wildman–Crippen MR) is 69.5 cm³/mol. The van der Waals surface area contributed by atoms with Crippen molar-refractivity contribution in [3.05, 3.63) is 28.8 Å². The molecule has 1 aromatic carbocycles. The van der Waals surface area contributed by atoms with E-state index in [1.165, 1.54) is 18.2 Å². The van der Waals surface area contributed by atoms with Gasteiger partial charge in [0.2, 0.25) is 0 Å². The Morgan fingerprint density at radius 1 is 1.33 bits per heavy atom. The van der Waals surface area contributed by atoms with Gasteiger partial charge in [0, 0.05) is 18.0 Å². The topological polar surface area (TPSA) is 86.6 Å². The number of hydrogen-bond donors (Lipinski definition) is 3. The summed E-state index contributed by atoms with van der Waals surface area (Å²) in [5, 5.41) is 20.7. The number of carboxylic acid groups (broad SMARTS) is 1. The average Bonchev–Trinajstić information content (AvgIpc) is 2.23. The van der Waals surface area contributed by atoms with Crippen LogP contribution in [0.15, 0.2) is 18.2 Å². The zero-order chi connectivity index (χ0) is 12.8. The molecule has 0 unspecified atom stereocenters. The summed E-state index contributed by atoms with van der Waals surface area (Å²) in [6.45, 7) is 0.243. The third kappa shape index (κ3) is 5.73. The van der Waals surface area contributed by atoms with Gasteiger partial charge in [0.15, 0.2) is 0 Å². The van der Waals surface area contributed by atoms with Gasteiger partial charge in [0.25, 0.3) is 5.91 Å². The summed E-state index contributed by atoms with van der Waals surface area (Å²) in [6.07, 6.45) is 0.336. The molecular formula is C11H13ClNNaO4. The monoisotopic (exact) mass is 281 g/mol. The number of benzene rings is 1. The van der Waals surface area contributed by atoms with Crippen LogP contribution in [0.3, 0.4) is 0 Å². The molecule has 0 aromatic heterocycles. The Hall–Kier alpha value is -0.750. The fraction of sp³-hybridized carbons (Fsp3) is 0.273. The van der Waals surface area contributed by atoms with E-state index in [0.717, 1.165) is 0 Å². The molecule has 0 aliphatic heterocycles. The first-order valence-corrected chi connectivity index (χ1v) is 5.37. The van der Waals surface area contributed by atoms with Crippen LogP contribution in [0.5, 0.6) is 5.75 Å². The first-order valence-electron chi connectivity index (χ1n) is 4.99. The fourth-order valence-electron chi connectivity index (χ4n) is 1.23. The van der Waals surface area contributed by atoms with Crippen molar-refractivity contribution in [1.29, 1.82) is 0 Å². The van der Waals surface area contributed by atoms with Crippen LogP contribution in [-0.4, -0.2) is 58.2 Å². The SMILES string of the molecule is O=C(O)CCCNC(=O)c1ccc(Cl)cc1O.[NaH]. The first-order chi connectivity index (χ1) is 8.00. The van der Waals surface area contributed by atoms with E-state index < -0.39 is 11.9 Å². The Labute approximate surface area is 131 Å². The minimum absolute atomic E-state index is 0. The van der Waals surface area contributed by atoms with Crippen molar-refractivity contribution in [2.75, 3.05) is 6.54 Å². The van der Waals surface area contributed by atoms with Crippen LogP contribution in [0.25, 0.3) is 0 Å². The van der Waals surface area contributed by atoms with E-state index in [0.29, 0.717) is 11.4 Å². The second kappa shape index (κ2) is 8.37. The van der Waals surface area contributed by atoms with E-state index in [-0.39, 0.29) is 53.8 Å². The van der Waals surface area contributed by atoms with Crippen molar-refractivity contribution in [3.63, 3.8) is 0 Å². The van der Waals surface area contributed by atoms with E-state index in [9.17, 15) is 14.7 Å². The number of halogens is 1.